The second-order valence-electron chi connectivity index (χ2n) is 4.37. The molecule has 0 spiro atoms. The second kappa shape index (κ2) is 5.09. The van der Waals surface area contributed by atoms with E-state index in [1.165, 1.54) is 6.07 Å². The van der Waals surface area contributed by atoms with Crippen LogP contribution < -0.4 is 4.90 Å². The molecule has 0 bridgehead atoms. The summed E-state index contributed by atoms with van der Waals surface area (Å²) in [5, 5.41) is 8.98. The van der Waals surface area contributed by atoms with Crippen molar-refractivity contribution < 1.29 is 14.3 Å². The van der Waals surface area contributed by atoms with Crippen LogP contribution in [0, 0.1) is 13.8 Å². The van der Waals surface area contributed by atoms with Crippen molar-refractivity contribution in [1.29, 1.82) is 0 Å². The van der Waals surface area contributed by atoms with Gasteiger partial charge < -0.3 is 14.4 Å². The van der Waals surface area contributed by atoms with Crippen LogP contribution in [0.25, 0.3) is 0 Å². The lowest BCUT2D eigenvalue weighted by Crippen LogP contribution is -2.20. The molecule has 100 valence electrons. The minimum Gasteiger partial charge on any atom is -0.477 e. The number of hydrogen-bond acceptors (Lipinski definition) is 5. The summed E-state index contributed by atoms with van der Waals surface area (Å²) in [4.78, 5) is 20.9. The fourth-order valence-corrected chi connectivity index (χ4v) is 1.71. The van der Waals surface area contributed by atoms with E-state index in [9.17, 15) is 4.79 Å². The monoisotopic (exact) mass is 261 g/mol. The lowest BCUT2D eigenvalue weighted by molar-refractivity contribution is 0.0690. The first kappa shape index (κ1) is 13.1. The van der Waals surface area contributed by atoms with Crippen LogP contribution in [0.4, 0.5) is 5.95 Å². The van der Waals surface area contributed by atoms with Crippen molar-refractivity contribution in [2.75, 3.05) is 11.9 Å². The highest BCUT2D eigenvalue weighted by atomic mass is 16.4. The number of aromatic carboxylic acids is 1. The van der Waals surface area contributed by atoms with E-state index in [4.69, 9.17) is 9.52 Å². The van der Waals surface area contributed by atoms with Crippen LogP contribution in [0.1, 0.15) is 27.7 Å². The number of rotatable bonds is 4. The van der Waals surface area contributed by atoms with Crippen molar-refractivity contribution in [2.45, 2.75) is 20.4 Å². The number of carbonyl (C=O) groups is 1. The average Bonchev–Trinajstić information content (AvgIpc) is 2.73. The van der Waals surface area contributed by atoms with Gasteiger partial charge in [0.05, 0.1) is 6.54 Å². The molecule has 0 unspecified atom stereocenters. The highest BCUT2D eigenvalue weighted by molar-refractivity contribution is 5.85. The molecule has 2 aromatic rings. The Morgan fingerprint density at radius 3 is 2.68 bits per heavy atom. The van der Waals surface area contributed by atoms with Gasteiger partial charge in [0.25, 0.3) is 0 Å². The van der Waals surface area contributed by atoms with E-state index in [2.05, 4.69) is 9.97 Å². The molecule has 0 saturated heterocycles. The summed E-state index contributed by atoms with van der Waals surface area (Å²) >= 11 is 0. The highest BCUT2D eigenvalue weighted by Crippen LogP contribution is 2.14. The molecule has 1 N–H and O–H groups in total. The van der Waals surface area contributed by atoms with E-state index < -0.39 is 5.97 Å². The lowest BCUT2D eigenvalue weighted by atomic mass is 10.3. The summed E-state index contributed by atoms with van der Waals surface area (Å²) in [5.41, 5.74) is 0.606. The zero-order valence-electron chi connectivity index (χ0n) is 11.0. The largest absolute Gasteiger partial charge is 0.477 e. The number of aromatic nitrogens is 2. The molecule has 0 amide bonds. The Morgan fingerprint density at radius 1 is 1.37 bits per heavy atom. The summed E-state index contributed by atoms with van der Waals surface area (Å²) in [5.74, 6) is 0.919. The first-order valence-electron chi connectivity index (χ1n) is 5.81. The normalized spacial score (nSPS) is 10.5. The molecule has 0 atom stereocenters. The third-order valence-corrected chi connectivity index (χ3v) is 2.59. The van der Waals surface area contributed by atoms with Crippen LogP contribution in [0.2, 0.25) is 0 Å². The molecule has 2 heterocycles. The van der Waals surface area contributed by atoms with Gasteiger partial charge in [0.2, 0.25) is 5.95 Å². The smallest absolute Gasteiger partial charge is 0.354 e. The van der Waals surface area contributed by atoms with Crippen molar-refractivity contribution in [3.63, 3.8) is 0 Å². The van der Waals surface area contributed by atoms with Gasteiger partial charge >= 0.3 is 5.97 Å². The summed E-state index contributed by atoms with van der Waals surface area (Å²) < 4.78 is 5.47. The number of aryl methyl sites for hydroxylation is 2. The standard InChI is InChI=1S/C13H15N3O3/c1-8-6-11(12(17)18)15-13(14-8)16(3)7-10-5-4-9(2)19-10/h4-6H,7H2,1-3H3,(H,17,18). The van der Waals surface area contributed by atoms with Crippen molar-refractivity contribution >= 4 is 11.9 Å². The molecule has 0 aromatic carbocycles. The predicted octanol–water partition coefficient (Wildman–Crippen LogP) is 2.02. The van der Waals surface area contributed by atoms with Crippen molar-refractivity contribution in [3.8, 4) is 0 Å². The third-order valence-electron chi connectivity index (χ3n) is 2.59. The molecule has 0 aliphatic heterocycles. The Bertz CT molecular complexity index is 607. The Kier molecular flexibility index (Phi) is 3.50. The Hall–Kier alpha value is -2.37. The molecular formula is C13H15N3O3. The summed E-state index contributed by atoms with van der Waals surface area (Å²) in [7, 11) is 1.79. The Labute approximate surface area is 110 Å². The molecule has 6 nitrogen and oxygen atoms in total. The van der Waals surface area contributed by atoms with Gasteiger partial charge in [-0.1, -0.05) is 0 Å². The van der Waals surface area contributed by atoms with Crippen molar-refractivity contribution in [2.24, 2.45) is 0 Å². The van der Waals surface area contributed by atoms with Crippen molar-refractivity contribution in [3.05, 3.63) is 41.1 Å². The van der Waals surface area contributed by atoms with Gasteiger partial charge in [-0.3, -0.25) is 0 Å². The SMILES string of the molecule is Cc1cc(C(=O)O)nc(N(C)Cc2ccc(C)o2)n1. The maximum atomic E-state index is 11.0. The number of hydrogen-bond donors (Lipinski definition) is 1. The van der Waals surface area contributed by atoms with E-state index >= 15 is 0 Å². The molecule has 6 heteroatoms. The molecule has 0 aliphatic carbocycles. The van der Waals surface area contributed by atoms with Gasteiger partial charge in [-0.25, -0.2) is 14.8 Å². The molecule has 0 radical (unpaired) electrons. The topological polar surface area (TPSA) is 79.5 Å². The predicted molar refractivity (Wildman–Crippen MR) is 69.3 cm³/mol. The number of carboxylic acids is 1. The molecular weight excluding hydrogens is 246 g/mol. The minimum atomic E-state index is -1.06. The van der Waals surface area contributed by atoms with Crippen LogP contribution in [0.3, 0.4) is 0 Å². The van der Waals surface area contributed by atoms with Crippen molar-refractivity contribution in [1.82, 2.24) is 9.97 Å². The zero-order valence-corrected chi connectivity index (χ0v) is 11.0. The third kappa shape index (κ3) is 3.09. The molecule has 0 aliphatic rings. The average molecular weight is 261 g/mol. The van der Waals surface area contributed by atoms with E-state index in [1.54, 1.807) is 18.9 Å². The fraction of sp³-hybridized carbons (Fsp3) is 0.308. The molecule has 19 heavy (non-hydrogen) atoms. The second-order valence-corrected chi connectivity index (χ2v) is 4.37. The summed E-state index contributed by atoms with van der Waals surface area (Å²) in [6.45, 7) is 4.09. The summed E-state index contributed by atoms with van der Waals surface area (Å²) in [6, 6.07) is 5.19. The van der Waals surface area contributed by atoms with Gasteiger partial charge in [-0.15, -0.1) is 0 Å². The van der Waals surface area contributed by atoms with Gasteiger partial charge in [0.15, 0.2) is 5.69 Å². The van der Waals surface area contributed by atoms with Crippen LogP contribution in [0.5, 0.6) is 0 Å². The number of nitrogens with zero attached hydrogens (tertiary/aromatic N) is 3. The fourth-order valence-electron chi connectivity index (χ4n) is 1.71. The first-order valence-corrected chi connectivity index (χ1v) is 5.81. The van der Waals surface area contributed by atoms with Gasteiger partial charge in [-0.05, 0) is 32.0 Å². The quantitative estimate of drug-likeness (QED) is 0.907. The highest BCUT2D eigenvalue weighted by Gasteiger charge is 2.13. The van der Waals surface area contributed by atoms with E-state index in [0.717, 1.165) is 11.5 Å². The maximum Gasteiger partial charge on any atom is 0.354 e. The van der Waals surface area contributed by atoms with Crippen LogP contribution >= 0.6 is 0 Å². The van der Waals surface area contributed by atoms with Gasteiger partial charge in [0, 0.05) is 12.7 Å². The summed E-state index contributed by atoms with van der Waals surface area (Å²) in [6.07, 6.45) is 0. The van der Waals surface area contributed by atoms with E-state index in [1.807, 2.05) is 19.1 Å². The van der Waals surface area contributed by atoms with Gasteiger partial charge in [0.1, 0.15) is 11.5 Å². The molecule has 2 rings (SSSR count). The minimum absolute atomic E-state index is 0.00928. The number of furan rings is 1. The number of carboxylic acid groups (broad SMARTS) is 1. The Morgan fingerprint density at radius 2 is 2.11 bits per heavy atom. The number of anilines is 1. The molecule has 2 aromatic heterocycles. The maximum absolute atomic E-state index is 11.0. The zero-order chi connectivity index (χ0) is 14.0. The van der Waals surface area contributed by atoms with E-state index in [-0.39, 0.29) is 5.69 Å². The van der Waals surface area contributed by atoms with Crippen LogP contribution in [-0.2, 0) is 6.54 Å². The van der Waals surface area contributed by atoms with E-state index in [0.29, 0.717) is 18.2 Å². The Balaban J connectivity index is 2.23. The van der Waals surface area contributed by atoms with Crippen LogP contribution in [0.15, 0.2) is 22.6 Å². The molecule has 0 saturated carbocycles. The molecule has 0 fully saturated rings. The first-order chi connectivity index (χ1) is 8.95. The van der Waals surface area contributed by atoms with Crippen LogP contribution in [-0.4, -0.2) is 28.1 Å². The van der Waals surface area contributed by atoms with Gasteiger partial charge in [-0.2, -0.15) is 0 Å². The lowest BCUT2D eigenvalue weighted by Gasteiger charge is -2.16.